The smallest absolute Gasteiger partial charge is 0.489 e. The third kappa shape index (κ3) is 7.28. The number of halogens is 3. The van der Waals surface area contributed by atoms with Gasteiger partial charge in [0, 0.05) is 24.8 Å². The molecule has 0 saturated carbocycles. The molecular formula is C25H33F3N4O2. The van der Waals surface area contributed by atoms with Gasteiger partial charge in [0.25, 0.3) is 0 Å². The number of alkyl halides is 3. The van der Waals surface area contributed by atoms with Crippen LogP contribution < -0.4 is 20.1 Å². The molecule has 1 unspecified atom stereocenters. The molecule has 1 fully saturated rings. The van der Waals surface area contributed by atoms with Gasteiger partial charge < -0.3 is 25.0 Å². The third-order valence-electron chi connectivity index (χ3n) is 5.92. The number of rotatable bonds is 9. The molecule has 6 nitrogen and oxygen atoms in total. The van der Waals surface area contributed by atoms with E-state index in [1.807, 2.05) is 29.2 Å². The van der Waals surface area contributed by atoms with Crippen LogP contribution in [-0.4, -0.2) is 42.9 Å². The number of ether oxygens (including phenoxy) is 2. The molecule has 9 heteroatoms. The second kappa shape index (κ2) is 12.0. The SMILES string of the molecule is CCC1CCCCN1C(=N)N(CCCN)c1ccc(OCc2ccc(OC(F)(F)F)cc2)cc1. The molecule has 34 heavy (non-hydrogen) atoms. The Morgan fingerprint density at radius 1 is 1.09 bits per heavy atom. The predicted molar refractivity (Wildman–Crippen MR) is 127 cm³/mol. The highest BCUT2D eigenvalue weighted by atomic mass is 19.4. The van der Waals surface area contributed by atoms with Gasteiger partial charge in [-0.3, -0.25) is 5.41 Å². The van der Waals surface area contributed by atoms with Gasteiger partial charge in [-0.25, -0.2) is 0 Å². The first-order chi connectivity index (χ1) is 16.3. The van der Waals surface area contributed by atoms with Crippen LogP contribution in [0.4, 0.5) is 18.9 Å². The minimum Gasteiger partial charge on any atom is -0.489 e. The topological polar surface area (TPSA) is 74.8 Å². The zero-order chi connectivity index (χ0) is 24.6. The highest BCUT2D eigenvalue weighted by Gasteiger charge is 2.31. The number of likely N-dealkylation sites (tertiary alicyclic amines) is 1. The van der Waals surface area contributed by atoms with Gasteiger partial charge in [-0.1, -0.05) is 19.1 Å². The van der Waals surface area contributed by atoms with Crippen LogP contribution in [0.25, 0.3) is 0 Å². The largest absolute Gasteiger partial charge is 0.573 e. The molecule has 2 aromatic rings. The number of hydrogen-bond acceptors (Lipinski definition) is 4. The molecule has 2 aromatic carbocycles. The van der Waals surface area contributed by atoms with Crippen molar-refractivity contribution in [2.24, 2.45) is 5.73 Å². The minimum atomic E-state index is -4.71. The van der Waals surface area contributed by atoms with Gasteiger partial charge in [0.1, 0.15) is 18.1 Å². The molecule has 0 spiro atoms. The van der Waals surface area contributed by atoms with E-state index >= 15 is 0 Å². The number of anilines is 1. The van der Waals surface area contributed by atoms with E-state index in [0.717, 1.165) is 43.5 Å². The van der Waals surface area contributed by atoms with Crippen LogP contribution in [0.1, 0.15) is 44.6 Å². The lowest BCUT2D eigenvalue weighted by molar-refractivity contribution is -0.274. The maximum atomic E-state index is 12.3. The molecule has 1 atom stereocenters. The van der Waals surface area contributed by atoms with Crippen LogP contribution in [0.3, 0.4) is 0 Å². The number of nitrogens with zero attached hydrogens (tertiary/aromatic N) is 2. The molecule has 1 aliphatic rings. The monoisotopic (exact) mass is 478 g/mol. The summed E-state index contributed by atoms with van der Waals surface area (Å²) in [6, 6.07) is 13.5. The highest BCUT2D eigenvalue weighted by Crippen LogP contribution is 2.26. The standard InChI is InChI=1S/C25H33F3N4O2/c1-2-20-6-3-4-16-31(20)24(30)32(17-5-15-29)21-9-13-22(14-10-21)33-18-19-7-11-23(12-8-19)34-25(26,27)28/h7-14,20,30H,2-6,15-18,29H2,1H3. The molecule has 3 N–H and O–H groups in total. The van der Waals surface area contributed by atoms with Crippen molar-refractivity contribution in [1.82, 2.24) is 4.90 Å². The first-order valence-corrected chi connectivity index (χ1v) is 11.7. The van der Waals surface area contributed by atoms with Crippen LogP contribution in [0.2, 0.25) is 0 Å². The van der Waals surface area contributed by atoms with E-state index < -0.39 is 6.36 Å². The van der Waals surface area contributed by atoms with Crippen molar-refractivity contribution in [3.8, 4) is 11.5 Å². The van der Waals surface area contributed by atoms with Crippen LogP contribution >= 0.6 is 0 Å². The molecular weight excluding hydrogens is 445 g/mol. The van der Waals surface area contributed by atoms with E-state index in [4.69, 9.17) is 15.9 Å². The summed E-state index contributed by atoms with van der Waals surface area (Å²) in [5, 5.41) is 8.91. The van der Waals surface area contributed by atoms with Crippen LogP contribution in [0.5, 0.6) is 11.5 Å². The molecule has 186 valence electrons. The van der Waals surface area contributed by atoms with Crippen molar-refractivity contribution in [3.05, 3.63) is 54.1 Å². The molecule has 1 saturated heterocycles. The number of nitrogens with two attached hydrogens (primary N) is 1. The Balaban J connectivity index is 1.63. The van der Waals surface area contributed by atoms with Gasteiger partial charge in [-0.15, -0.1) is 13.2 Å². The maximum absolute atomic E-state index is 12.3. The number of piperidine rings is 1. The van der Waals surface area contributed by atoms with Gasteiger partial charge in [-0.05, 0) is 80.6 Å². The number of nitrogens with one attached hydrogen (secondary N) is 1. The Morgan fingerprint density at radius 2 is 1.76 bits per heavy atom. The summed E-state index contributed by atoms with van der Waals surface area (Å²) in [5.74, 6) is 0.878. The van der Waals surface area contributed by atoms with Crippen LogP contribution in [0, 0.1) is 5.41 Å². The van der Waals surface area contributed by atoms with Crippen molar-refractivity contribution >= 4 is 11.6 Å². The van der Waals surface area contributed by atoms with E-state index in [0.29, 0.717) is 30.8 Å². The lowest BCUT2D eigenvalue weighted by Gasteiger charge is -2.41. The zero-order valence-corrected chi connectivity index (χ0v) is 19.5. The summed E-state index contributed by atoms with van der Waals surface area (Å²) in [7, 11) is 0. The Labute approximate surface area is 198 Å². The van der Waals surface area contributed by atoms with Gasteiger partial charge in [-0.2, -0.15) is 0 Å². The fourth-order valence-corrected chi connectivity index (χ4v) is 4.14. The van der Waals surface area contributed by atoms with Crippen LogP contribution in [0.15, 0.2) is 48.5 Å². The molecule has 0 aliphatic carbocycles. The second-order valence-electron chi connectivity index (χ2n) is 8.34. The lowest BCUT2D eigenvalue weighted by atomic mass is 10.0. The average Bonchev–Trinajstić information content (AvgIpc) is 2.83. The fourth-order valence-electron chi connectivity index (χ4n) is 4.14. The van der Waals surface area contributed by atoms with Crippen molar-refractivity contribution in [1.29, 1.82) is 5.41 Å². The highest BCUT2D eigenvalue weighted by molar-refractivity contribution is 5.94. The molecule has 3 rings (SSSR count). The molecule has 0 radical (unpaired) electrons. The second-order valence-corrected chi connectivity index (χ2v) is 8.34. The van der Waals surface area contributed by atoms with Gasteiger partial charge in [0.15, 0.2) is 5.96 Å². The Morgan fingerprint density at radius 3 is 2.38 bits per heavy atom. The van der Waals surface area contributed by atoms with Crippen molar-refractivity contribution in [3.63, 3.8) is 0 Å². The number of hydrogen-bond donors (Lipinski definition) is 2. The molecule has 0 bridgehead atoms. The van der Waals surface area contributed by atoms with Crippen molar-refractivity contribution in [2.45, 2.75) is 58.0 Å². The molecule has 1 aliphatic heterocycles. The molecule has 0 aromatic heterocycles. The minimum absolute atomic E-state index is 0.213. The van der Waals surface area contributed by atoms with Crippen molar-refractivity contribution in [2.75, 3.05) is 24.5 Å². The van der Waals surface area contributed by atoms with Gasteiger partial charge in [0.2, 0.25) is 0 Å². The van der Waals surface area contributed by atoms with E-state index in [1.54, 1.807) is 0 Å². The summed E-state index contributed by atoms with van der Waals surface area (Å²) in [4.78, 5) is 4.21. The summed E-state index contributed by atoms with van der Waals surface area (Å²) in [6.45, 7) is 4.49. The van der Waals surface area contributed by atoms with E-state index in [2.05, 4.69) is 16.6 Å². The van der Waals surface area contributed by atoms with Gasteiger partial charge in [0.05, 0.1) is 0 Å². The quantitative estimate of drug-likeness (QED) is 0.367. The summed E-state index contributed by atoms with van der Waals surface area (Å²) in [6.07, 6.45) is 0.497. The molecule has 0 amide bonds. The third-order valence-corrected chi connectivity index (χ3v) is 5.92. The first-order valence-electron chi connectivity index (χ1n) is 11.7. The fraction of sp³-hybridized carbons (Fsp3) is 0.480. The van der Waals surface area contributed by atoms with E-state index in [-0.39, 0.29) is 12.4 Å². The zero-order valence-electron chi connectivity index (χ0n) is 19.5. The average molecular weight is 479 g/mol. The van der Waals surface area contributed by atoms with E-state index in [9.17, 15) is 13.2 Å². The Kier molecular flexibility index (Phi) is 9.04. The summed E-state index contributed by atoms with van der Waals surface area (Å²) < 4.78 is 46.5. The van der Waals surface area contributed by atoms with E-state index in [1.165, 1.54) is 30.7 Å². The maximum Gasteiger partial charge on any atom is 0.573 e. The van der Waals surface area contributed by atoms with Crippen molar-refractivity contribution < 1.29 is 22.6 Å². The lowest BCUT2D eigenvalue weighted by Crippen LogP contribution is -2.51. The van der Waals surface area contributed by atoms with Gasteiger partial charge >= 0.3 is 6.36 Å². The first kappa shape index (κ1) is 25.7. The summed E-state index contributed by atoms with van der Waals surface area (Å²) >= 11 is 0. The Hall–Kier alpha value is -2.94. The van der Waals surface area contributed by atoms with Crippen LogP contribution in [-0.2, 0) is 6.61 Å². The Bertz CT molecular complexity index is 904. The predicted octanol–water partition coefficient (Wildman–Crippen LogP) is 5.52. The number of guanidine groups is 1. The molecule has 1 heterocycles. The summed E-state index contributed by atoms with van der Waals surface area (Å²) in [5.41, 5.74) is 7.38. The number of benzene rings is 2. The normalized spacial score (nSPS) is 16.3.